The van der Waals surface area contributed by atoms with E-state index in [-0.39, 0.29) is 5.90 Å². The largest absolute Gasteiger partial charge is 0.430 e. The van der Waals surface area contributed by atoms with Crippen molar-refractivity contribution in [2.75, 3.05) is 0 Å². The Hall–Kier alpha value is -2.99. The lowest BCUT2D eigenvalue weighted by atomic mass is 10.0. The molecule has 2 aromatic carbocycles. The van der Waals surface area contributed by atoms with Crippen LogP contribution in [0.4, 0.5) is 5.69 Å². The molecule has 1 aliphatic rings. The fraction of sp³-hybridized carbons (Fsp3) is 0.158. The molecule has 132 valence electrons. The number of esters is 2. The zero-order valence-electron chi connectivity index (χ0n) is 14.1. The van der Waals surface area contributed by atoms with Crippen molar-refractivity contribution in [1.29, 1.82) is 0 Å². The summed E-state index contributed by atoms with van der Waals surface area (Å²) in [6, 6.07) is 14.4. The number of carbonyl (C=O) groups excluding carboxylic acids is 2. The van der Waals surface area contributed by atoms with E-state index in [0.717, 1.165) is 5.56 Å². The number of hydrogen-bond donors (Lipinski definition) is 0. The van der Waals surface area contributed by atoms with Gasteiger partial charge in [-0.2, -0.15) is 0 Å². The number of ether oxygens (including phenoxy) is 2. The van der Waals surface area contributed by atoms with Crippen molar-refractivity contribution >= 4 is 40.8 Å². The van der Waals surface area contributed by atoms with Gasteiger partial charge in [-0.05, 0) is 18.2 Å². The van der Waals surface area contributed by atoms with Crippen LogP contribution in [0.25, 0.3) is 0 Å². The summed E-state index contributed by atoms with van der Waals surface area (Å²) >= 11 is 6.15. The molecule has 26 heavy (non-hydrogen) atoms. The molecule has 3 rings (SSSR count). The molecular formula is C19H15ClN2O4. The fourth-order valence-corrected chi connectivity index (χ4v) is 2.66. The molecule has 0 saturated carbocycles. The van der Waals surface area contributed by atoms with E-state index in [1.54, 1.807) is 18.2 Å². The number of halogens is 1. The molecule has 1 unspecified atom stereocenters. The van der Waals surface area contributed by atoms with Crippen LogP contribution in [-0.4, -0.2) is 29.8 Å². The quantitative estimate of drug-likeness (QED) is 0.755. The number of carbonyl (C=O) groups is 2. The van der Waals surface area contributed by atoms with Crippen molar-refractivity contribution in [3.8, 4) is 0 Å². The second-order valence-electron chi connectivity index (χ2n) is 5.51. The van der Waals surface area contributed by atoms with Crippen LogP contribution < -0.4 is 0 Å². The molecule has 0 aromatic heterocycles. The van der Waals surface area contributed by atoms with E-state index in [2.05, 4.69) is 9.98 Å². The summed E-state index contributed by atoms with van der Waals surface area (Å²) in [5.41, 5.74) is 2.46. The third-order valence-corrected chi connectivity index (χ3v) is 3.71. The van der Waals surface area contributed by atoms with E-state index >= 15 is 0 Å². The molecule has 6 nitrogen and oxygen atoms in total. The third-order valence-electron chi connectivity index (χ3n) is 3.48. The zero-order chi connectivity index (χ0) is 18.7. The van der Waals surface area contributed by atoms with E-state index in [1.165, 1.54) is 13.8 Å². The maximum atomic E-state index is 11.5. The van der Waals surface area contributed by atoms with Gasteiger partial charge >= 0.3 is 11.9 Å². The van der Waals surface area contributed by atoms with E-state index < -0.39 is 18.2 Å². The van der Waals surface area contributed by atoms with Gasteiger partial charge < -0.3 is 9.47 Å². The predicted molar refractivity (Wildman–Crippen MR) is 97.9 cm³/mol. The van der Waals surface area contributed by atoms with Gasteiger partial charge in [-0.1, -0.05) is 41.9 Å². The lowest BCUT2D eigenvalue weighted by molar-refractivity contribution is -0.145. The number of benzene rings is 2. The highest BCUT2D eigenvalue weighted by atomic mass is 35.5. The Labute approximate surface area is 155 Å². The van der Waals surface area contributed by atoms with Crippen LogP contribution in [-0.2, 0) is 19.1 Å². The van der Waals surface area contributed by atoms with Crippen LogP contribution in [0.3, 0.4) is 0 Å². The van der Waals surface area contributed by atoms with Crippen molar-refractivity contribution in [3.63, 3.8) is 0 Å². The lowest BCUT2D eigenvalue weighted by Crippen LogP contribution is -2.28. The van der Waals surface area contributed by atoms with Crippen LogP contribution in [0.1, 0.15) is 25.0 Å². The smallest absolute Gasteiger partial charge is 0.309 e. The standard InChI is InChI=1S/C19H15ClN2O4/c1-11(23)25-18-19(26-12(2)24)22-17(13-6-4-3-5-7-13)15-10-14(20)8-9-16(15)21-18/h3-10,19H,1-2H3. The highest BCUT2D eigenvalue weighted by molar-refractivity contribution is 6.31. The van der Waals surface area contributed by atoms with Gasteiger partial charge in [0.1, 0.15) is 0 Å². The topological polar surface area (TPSA) is 77.3 Å². The summed E-state index contributed by atoms with van der Waals surface area (Å²) in [6.45, 7) is 2.49. The SMILES string of the molecule is CC(=O)OC1=Nc2ccc(Cl)cc2C(c2ccccc2)=NC1OC(C)=O. The summed E-state index contributed by atoms with van der Waals surface area (Å²) in [4.78, 5) is 31.8. The molecule has 1 atom stereocenters. The summed E-state index contributed by atoms with van der Waals surface area (Å²) < 4.78 is 10.4. The van der Waals surface area contributed by atoms with Crippen LogP contribution in [0.5, 0.6) is 0 Å². The number of aliphatic imine (C=N–C) groups is 2. The van der Waals surface area contributed by atoms with Gasteiger partial charge in [0.15, 0.2) is 0 Å². The molecule has 1 aliphatic heterocycles. The first-order chi connectivity index (χ1) is 12.4. The van der Waals surface area contributed by atoms with E-state index in [9.17, 15) is 9.59 Å². The molecule has 0 spiro atoms. The van der Waals surface area contributed by atoms with Gasteiger partial charge in [0.25, 0.3) is 12.1 Å². The van der Waals surface area contributed by atoms with Gasteiger partial charge in [-0.15, -0.1) is 0 Å². The summed E-state index contributed by atoms with van der Waals surface area (Å²) in [7, 11) is 0. The molecule has 0 N–H and O–H groups in total. The summed E-state index contributed by atoms with van der Waals surface area (Å²) in [6.07, 6.45) is -1.18. The minimum atomic E-state index is -1.18. The van der Waals surface area contributed by atoms with E-state index in [0.29, 0.717) is 22.0 Å². The van der Waals surface area contributed by atoms with Gasteiger partial charge in [0.05, 0.1) is 11.4 Å². The van der Waals surface area contributed by atoms with E-state index in [1.807, 2.05) is 30.3 Å². The number of rotatable bonds is 2. The van der Waals surface area contributed by atoms with Crippen LogP contribution in [0.15, 0.2) is 58.5 Å². The molecule has 0 fully saturated rings. The zero-order valence-corrected chi connectivity index (χ0v) is 14.9. The Morgan fingerprint density at radius 2 is 1.77 bits per heavy atom. The molecular weight excluding hydrogens is 356 g/mol. The van der Waals surface area contributed by atoms with Crippen molar-refractivity contribution in [3.05, 3.63) is 64.7 Å². The highest BCUT2D eigenvalue weighted by Gasteiger charge is 2.28. The minimum absolute atomic E-state index is 0.109. The first-order valence-electron chi connectivity index (χ1n) is 7.81. The Morgan fingerprint density at radius 1 is 1.04 bits per heavy atom. The number of fused-ring (bicyclic) bond motifs is 1. The molecule has 0 radical (unpaired) electrons. The molecule has 0 amide bonds. The fourth-order valence-electron chi connectivity index (χ4n) is 2.49. The Bertz CT molecular complexity index is 922. The minimum Gasteiger partial charge on any atom is -0.430 e. The van der Waals surface area contributed by atoms with Crippen molar-refractivity contribution < 1.29 is 19.1 Å². The van der Waals surface area contributed by atoms with Gasteiger partial charge in [-0.25, -0.2) is 9.98 Å². The molecule has 0 bridgehead atoms. The highest BCUT2D eigenvalue weighted by Crippen LogP contribution is 2.30. The normalized spacial score (nSPS) is 15.9. The Balaban J connectivity index is 2.23. The van der Waals surface area contributed by atoms with Crippen molar-refractivity contribution in [1.82, 2.24) is 0 Å². The number of nitrogens with zero attached hydrogens (tertiary/aromatic N) is 2. The van der Waals surface area contributed by atoms with Gasteiger partial charge in [0.2, 0.25) is 0 Å². The first kappa shape index (κ1) is 17.8. The third kappa shape index (κ3) is 3.97. The van der Waals surface area contributed by atoms with Crippen molar-refractivity contribution in [2.24, 2.45) is 9.98 Å². The maximum absolute atomic E-state index is 11.5. The molecule has 0 aliphatic carbocycles. The van der Waals surface area contributed by atoms with Crippen LogP contribution in [0.2, 0.25) is 5.02 Å². The average molecular weight is 371 g/mol. The van der Waals surface area contributed by atoms with Crippen molar-refractivity contribution in [2.45, 2.75) is 20.1 Å². The Kier molecular flexibility index (Phi) is 5.14. The maximum Gasteiger partial charge on any atom is 0.309 e. The monoisotopic (exact) mass is 370 g/mol. The van der Waals surface area contributed by atoms with Gasteiger partial charge in [0, 0.05) is 30.0 Å². The molecule has 2 aromatic rings. The average Bonchev–Trinajstić information content (AvgIpc) is 2.72. The molecule has 7 heteroatoms. The second-order valence-corrected chi connectivity index (χ2v) is 5.95. The summed E-state index contributed by atoms with van der Waals surface area (Å²) in [5.74, 6) is -1.27. The predicted octanol–water partition coefficient (Wildman–Crippen LogP) is 3.67. The Morgan fingerprint density at radius 3 is 2.42 bits per heavy atom. The molecule has 1 heterocycles. The second kappa shape index (κ2) is 7.49. The van der Waals surface area contributed by atoms with Crippen LogP contribution >= 0.6 is 11.6 Å². The molecule has 0 saturated heterocycles. The lowest BCUT2D eigenvalue weighted by Gasteiger charge is -2.14. The van der Waals surface area contributed by atoms with Gasteiger partial charge in [-0.3, -0.25) is 9.59 Å². The summed E-state index contributed by atoms with van der Waals surface area (Å²) in [5, 5.41) is 0.502. The number of hydrogen-bond acceptors (Lipinski definition) is 6. The van der Waals surface area contributed by atoms with Crippen LogP contribution in [0, 0.1) is 0 Å². The first-order valence-corrected chi connectivity index (χ1v) is 8.19. The van der Waals surface area contributed by atoms with E-state index in [4.69, 9.17) is 21.1 Å².